The second-order valence-corrected chi connectivity index (χ2v) is 4.94. The van der Waals surface area contributed by atoms with Crippen LogP contribution < -0.4 is 5.73 Å². The lowest BCUT2D eigenvalue weighted by atomic mass is 10.1. The molecule has 0 aliphatic heterocycles. The molecule has 5 nitrogen and oxygen atoms in total. The first-order valence-corrected chi connectivity index (χ1v) is 6.56. The molecule has 5 heteroatoms. The summed E-state index contributed by atoms with van der Waals surface area (Å²) < 4.78 is 0. The monoisotopic (exact) mass is 274 g/mol. The molecule has 1 atom stereocenters. The molecule has 1 heterocycles. The molecule has 0 bridgehead atoms. The number of amides is 1. The number of aromatic nitrogens is 1. The zero-order chi connectivity index (χ0) is 15.0. The van der Waals surface area contributed by atoms with Crippen molar-refractivity contribution >= 4 is 5.91 Å². The molecule has 0 radical (unpaired) electrons. The minimum atomic E-state index is -0.640. The van der Waals surface area contributed by atoms with E-state index in [9.17, 15) is 4.79 Å². The van der Waals surface area contributed by atoms with Crippen molar-refractivity contribution in [3.05, 3.63) is 30.1 Å². The number of nitrogens with zero attached hydrogens (tertiary/aromatic N) is 3. The lowest BCUT2D eigenvalue weighted by Crippen LogP contribution is -2.45. The largest absolute Gasteiger partial charge is 0.336 e. The lowest BCUT2D eigenvalue weighted by Gasteiger charge is -2.26. The topological polar surface area (TPSA) is 62.5 Å². The summed E-state index contributed by atoms with van der Waals surface area (Å²) in [6.07, 6.45) is 8.94. The molecule has 0 aliphatic rings. The van der Waals surface area contributed by atoms with E-state index in [1.54, 1.807) is 17.3 Å². The van der Waals surface area contributed by atoms with Crippen molar-refractivity contribution in [1.29, 1.82) is 0 Å². The molecule has 1 amide bonds. The number of terminal acetylenes is 1. The van der Waals surface area contributed by atoms with E-state index in [1.165, 1.54) is 0 Å². The zero-order valence-electron chi connectivity index (χ0n) is 12.1. The quantitative estimate of drug-likeness (QED) is 0.728. The third-order valence-electron chi connectivity index (χ3n) is 2.88. The summed E-state index contributed by atoms with van der Waals surface area (Å²) in [6, 6.07) is 3.15. The van der Waals surface area contributed by atoms with Crippen molar-refractivity contribution in [2.24, 2.45) is 5.73 Å². The summed E-state index contributed by atoms with van der Waals surface area (Å²) in [6.45, 7) is 1.88. The van der Waals surface area contributed by atoms with Crippen LogP contribution in [0.2, 0.25) is 0 Å². The minimum Gasteiger partial charge on any atom is -0.336 e. The molecule has 0 saturated heterocycles. The van der Waals surface area contributed by atoms with Gasteiger partial charge in [-0.05, 0) is 25.7 Å². The number of likely N-dealkylation sites (N-methyl/N-ethyl adjacent to an activating group) is 1. The van der Waals surface area contributed by atoms with Gasteiger partial charge in [0.2, 0.25) is 5.91 Å². The normalized spacial score (nSPS) is 11.9. The SMILES string of the molecule is C#CCC(N)C(=O)N(CCN(C)C)Cc1cccnc1. The van der Waals surface area contributed by atoms with Crippen molar-refractivity contribution in [1.82, 2.24) is 14.8 Å². The number of carbonyl (C=O) groups is 1. The van der Waals surface area contributed by atoms with Gasteiger partial charge >= 0.3 is 0 Å². The van der Waals surface area contributed by atoms with Crippen LogP contribution in [0.5, 0.6) is 0 Å². The maximum Gasteiger partial charge on any atom is 0.240 e. The summed E-state index contributed by atoms with van der Waals surface area (Å²) in [7, 11) is 3.93. The van der Waals surface area contributed by atoms with Crippen molar-refractivity contribution in [3.63, 3.8) is 0 Å². The summed E-state index contributed by atoms with van der Waals surface area (Å²) in [5, 5.41) is 0. The average molecular weight is 274 g/mol. The fourth-order valence-electron chi connectivity index (χ4n) is 1.75. The van der Waals surface area contributed by atoms with Gasteiger partial charge in [-0.3, -0.25) is 9.78 Å². The molecule has 0 fully saturated rings. The first-order chi connectivity index (χ1) is 9.54. The molecule has 0 spiro atoms. The van der Waals surface area contributed by atoms with Gasteiger partial charge in [0, 0.05) is 38.4 Å². The number of hydrogen-bond donors (Lipinski definition) is 1. The lowest BCUT2D eigenvalue weighted by molar-refractivity contribution is -0.133. The first kappa shape index (κ1) is 16.2. The Kier molecular flexibility index (Phi) is 6.71. The van der Waals surface area contributed by atoms with Crippen LogP contribution in [0.1, 0.15) is 12.0 Å². The van der Waals surface area contributed by atoms with E-state index in [0.717, 1.165) is 12.1 Å². The number of hydrogen-bond acceptors (Lipinski definition) is 4. The van der Waals surface area contributed by atoms with E-state index in [4.69, 9.17) is 12.2 Å². The number of pyridine rings is 1. The van der Waals surface area contributed by atoms with Gasteiger partial charge in [-0.15, -0.1) is 12.3 Å². The molecular formula is C15H22N4O. The highest BCUT2D eigenvalue weighted by atomic mass is 16.2. The number of carbonyl (C=O) groups excluding carboxylic acids is 1. The van der Waals surface area contributed by atoms with Crippen molar-refractivity contribution in [3.8, 4) is 12.3 Å². The Balaban J connectivity index is 2.74. The summed E-state index contributed by atoms with van der Waals surface area (Å²) >= 11 is 0. The predicted octanol–water partition coefficient (Wildman–Crippen LogP) is 0.322. The standard InChI is InChI=1S/C15H22N4O/c1-4-6-14(16)15(20)19(10-9-18(2)3)12-13-7-5-8-17-11-13/h1,5,7-8,11,14H,6,9-10,12,16H2,2-3H3. The molecule has 2 N–H and O–H groups in total. The molecular weight excluding hydrogens is 252 g/mol. The highest BCUT2D eigenvalue weighted by Gasteiger charge is 2.20. The Hall–Kier alpha value is -1.90. The molecule has 0 aromatic carbocycles. The van der Waals surface area contributed by atoms with E-state index in [-0.39, 0.29) is 12.3 Å². The van der Waals surface area contributed by atoms with Crippen LogP contribution in [0.3, 0.4) is 0 Å². The summed E-state index contributed by atoms with van der Waals surface area (Å²) in [5.74, 6) is 2.32. The minimum absolute atomic E-state index is 0.117. The van der Waals surface area contributed by atoms with Crippen molar-refractivity contribution < 1.29 is 4.79 Å². The van der Waals surface area contributed by atoms with Crippen LogP contribution in [0, 0.1) is 12.3 Å². The predicted molar refractivity (Wildman–Crippen MR) is 79.6 cm³/mol. The Morgan fingerprint density at radius 3 is 2.80 bits per heavy atom. The summed E-state index contributed by atoms with van der Waals surface area (Å²) in [5.41, 5.74) is 6.80. The smallest absolute Gasteiger partial charge is 0.240 e. The fourth-order valence-corrected chi connectivity index (χ4v) is 1.75. The fraction of sp³-hybridized carbons (Fsp3) is 0.467. The van der Waals surface area contributed by atoms with Gasteiger partial charge in [0.25, 0.3) is 0 Å². The van der Waals surface area contributed by atoms with Gasteiger partial charge in [0.05, 0.1) is 6.04 Å². The highest BCUT2D eigenvalue weighted by molar-refractivity contribution is 5.82. The van der Waals surface area contributed by atoms with Crippen molar-refractivity contribution in [2.75, 3.05) is 27.2 Å². The second-order valence-electron chi connectivity index (χ2n) is 4.94. The molecule has 1 unspecified atom stereocenters. The van der Waals surface area contributed by atoms with Crippen LogP contribution in [0.15, 0.2) is 24.5 Å². The van der Waals surface area contributed by atoms with E-state index in [0.29, 0.717) is 13.1 Å². The van der Waals surface area contributed by atoms with Crippen LogP contribution in [-0.4, -0.2) is 53.9 Å². The average Bonchev–Trinajstić information content (AvgIpc) is 2.44. The highest BCUT2D eigenvalue weighted by Crippen LogP contribution is 2.06. The molecule has 20 heavy (non-hydrogen) atoms. The van der Waals surface area contributed by atoms with Crippen LogP contribution in [0.4, 0.5) is 0 Å². The first-order valence-electron chi connectivity index (χ1n) is 6.56. The molecule has 1 rings (SSSR count). The van der Waals surface area contributed by atoms with Gasteiger partial charge in [-0.1, -0.05) is 6.07 Å². The third-order valence-corrected chi connectivity index (χ3v) is 2.88. The van der Waals surface area contributed by atoms with E-state index >= 15 is 0 Å². The Bertz CT molecular complexity index is 453. The Morgan fingerprint density at radius 2 is 2.25 bits per heavy atom. The summed E-state index contributed by atoms with van der Waals surface area (Å²) in [4.78, 5) is 20.1. The maximum absolute atomic E-state index is 12.3. The van der Waals surface area contributed by atoms with Gasteiger partial charge in [-0.25, -0.2) is 0 Å². The number of rotatable bonds is 7. The molecule has 0 saturated carbocycles. The van der Waals surface area contributed by atoms with E-state index in [1.807, 2.05) is 31.1 Å². The Morgan fingerprint density at radius 1 is 1.50 bits per heavy atom. The van der Waals surface area contributed by atoms with Crippen LogP contribution in [0.25, 0.3) is 0 Å². The zero-order valence-corrected chi connectivity index (χ0v) is 12.1. The Labute approximate surface area is 120 Å². The molecule has 108 valence electrons. The number of nitrogens with two attached hydrogens (primary N) is 1. The van der Waals surface area contributed by atoms with E-state index < -0.39 is 6.04 Å². The molecule has 0 aliphatic carbocycles. The van der Waals surface area contributed by atoms with Gasteiger partial charge < -0.3 is 15.5 Å². The van der Waals surface area contributed by atoms with Gasteiger partial charge in [0.15, 0.2) is 0 Å². The third kappa shape index (κ3) is 5.39. The van der Waals surface area contributed by atoms with Gasteiger partial charge in [-0.2, -0.15) is 0 Å². The van der Waals surface area contributed by atoms with E-state index in [2.05, 4.69) is 10.9 Å². The molecule has 1 aromatic heterocycles. The molecule has 1 aromatic rings. The maximum atomic E-state index is 12.3. The van der Waals surface area contributed by atoms with Crippen LogP contribution in [-0.2, 0) is 11.3 Å². The second kappa shape index (κ2) is 8.31. The van der Waals surface area contributed by atoms with Crippen LogP contribution >= 0.6 is 0 Å². The van der Waals surface area contributed by atoms with Crippen molar-refractivity contribution in [2.45, 2.75) is 19.0 Å². The van der Waals surface area contributed by atoms with Gasteiger partial charge in [0.1, 0.15) is 0 Å².